The van der Waals surface area contributed by atoms with Gasteiger partial charge in [-0.05, 0) is 54.6 Å². The standard InChI is InChI=1S/C23H16Cl2N2O3/c1-29-16-9-6-14(7-10-16)21-13-26-23(30-21)18-5-3-2-4-17(18)22(28)27-20-12-15(24)8-11-19(20)25/h2-13H,1H3,(H,27,28). The molecule has 0 aliphatic carbocycles. The summed E-state index contributed by atoms with van der Waals surface area (Å²) in [5.74, 6) is 1.32. The first-order valence-electron chi connectivity index (χ1n) is 9.01. The number of hydrogen-bond donors (Lipinski definition) is 1. The largest absolute Gasteiger partial charge is 0.497 e. The third-order valence-electron chi connectivity index (χ3n) is 4.46. The van der Waals surface area contributed by atoms with Gasteiger partial charge in [0.1, 0.15) is 5.75 Å². The Morgan fingerprint density at radius 2 is 1.80 bits per heavy atom. The van der Waals surface area contributed by atoms with E-state index in [1.807, 2.05) is 30.3 Å². The Hall–Kier alpha value is -3.28. The molecular formula is C23H16Cl2N2O3. The van der Waals surface area contributed by atoms with E-state index in [1.165, 1.54) is 0 Å². The summed E-state index contributed by atoms with van der Waals surface area (Å²) >= 11 is 12.2. The first-order chi connectivity index (χ1) is 14.5. The van der Waals surface area contributed by atoms with Gasteiger partial charge in [-0.25, -0.2) is 4.98 Å². The Morgan fingerprint density at radius 3 is 2.57 bits per heavy atom. The topological polar surface area (TPSA) is 64.4 Å². The van der Waals surface area contributed by atoms with E-state index in [-0.39, 0.29) is 5.91 Å². The maximum atomic E-state index is 12.9. The van der Waals surface area contributed by atoms with Gasteiger partial charge in [-0.1, -0.05) is 35.3 Å². The molecule has 1 N–H and O–H groups in total. The smallest absolute Gasteiger partial charge is 0.256 e. The van der Waals surface area contributed by atoms with E-state index in [0.29, 0.717) is 38.5 Å². The molecule has 0 spiro atoms. The summed E-state index contributed by atoms with van der Waals surface area (Å²) in [6, 6.07) is 19.4. The first-order valence-corrected chi connectivity index (χ1v) is 9.77. The number of carbonyl (C=O) groups excluding carboxylic acids is 1. The molecular weight excluding hydrogens is 423 g/mol. The monoisotopic (exact) mass is 438 g/mol. The van der Waals surface area contributed by atoms with Gasteiger partial charge in [0.05, 0.1) is 29.6 Å². The fourth-order valence-electron chi connectivity index (χ4n) is 2.94. The third-order valence-corrected chi connectivity index (χ3v) is 5.02. The first kappa shape index (κ1) is 20.0. The van der Waals surface area contributed by atoms with Crippen LogP contribution in [-0.4, -0.2) is 18.0 Å². The van der Waals surface area contributed by atoms with Gasteiger partial charge >= 0.3 is 0 Å². The van der Waals surface area contributed by atoms with Crippen molar-refractivity contribution in [2.75, 3.05) is 12.4 Å². The quantitative estimate of drug-likeness (QED) is 0.382. The second kappa shape index (κ2) is 8.61. The summed E-state index contributed by atoms with van der Waals surface area (Å²) in [4.78, 5) is 17.3. The minimum absolute atomic E-state index is 0.337. The molecule has 0 saturated heterocycles. The van der Waals surface area contributed by atoms with Gasteiger partial charge in [0.25, 0.3) is 5.91 Å². The van der Waals surface area contributed by atoms with E-state index in [1.54, 1.807) is 49.7 Å². The number of oxazole rings is 1. The van der Waals surface area contributed by atoms with Crippen molar-refractivity contribution in [3.8, 4) is 28.5 Å². The number of hydrogen-bond acceptors (Lipinski definition) is 4. The molecule has 0 atom stereocenters. The average Bonchev–Trinajstić information content (AvgIpc) is 3.26. The van der Waals surface area contributed by atoms with Gasteiger partial charge in [-0.15, -0.1) is 0 Å². The van der Waals surface area contributed by atoms with Crippen molar-refractivity contribution in [3.63, 3.8) is 0 Å². The Balaban J connectivity index is 1.64. The summed E-state index contributed by atoms with van der Waals surface area (Å²) in [5, 5.41) is 3.65. The highest BCUT2D eigenvalue weighted by Crippen LogP contribution is 2.31. The van der Waals surface area contributed by atoms with Crippen LogP contribution in [0, 0.1) is 0 Å². The second-order valence-corrected chi connectivity index (χ2v) is 7.23. The predicted molar refractivity (Wildman–Crippen MR) is 118 cm³/mol. The van der Waals surface area contributed by atoms with Gasteiger partial charge in [0.2, 0.25) is 5.89 Å². The van der Waals surface area contributed by atoms with Crippen LogP contribution < -0.4 is 10.1 Å². The van der Waals surface area contributed by atoms with Crippen molar-refractivity contribution in [1.82, 2.24) is 4.98 Å². The SMILES string of the molecule is COc1ccc(-c2cnc(-c3ccccc3C(=O)Nc3cc(Cl)ccc3Cl)o2)cc1. The second-order valence-electron chi connectivity index (χ2n) is 6.38. The molecule has 1 heterocycles. The van der Waals surface area contributed by atoms with Crippen LogP contribution in [0.3, 0.4) is 0 Å². The minimum atomic E-state index is -0.348. The highest BCUT2D eigenvalue weighted by Gasteiger charge is 2.18. The molecule has 1 aromatic heterocycles. The van der Waals surface area contributed by atoms with Crippen LogP contribution in [0.1, 0.15) is 10.4 Å². The summed E-state index contributed by atoms with van der Waals surface area (Å²) in [6.07, 6.45) is 1.62. The molecule has 1 amide bonds. The van der Waals surface area contributed by atoms with Crippen molar-refractivity contribution in [2.45, 2.75) is 0 Å². The molecule has 7 heteroatoms. The van der Waals surface area contributed by atoms with E-state index >= 15 is 0 Å². The molecule has 3 aromatic carbocycles. The molecule has 150 valence electrons. The molecule has 0 aliphatic rings. The van der Waals surface area contributed by atoms with Crippen molar-refractivity contribution < 1.29 is 13.9 Å². The van der Waals surface area contributed by atoms with Crippen molar-refractivity contribution in [3.05, 3.63) is 88.5 Å². The number of halogens is 2. The van der Waals surface area contributed by atoms with Crippen LogP contribution in [0.2, 0.25) is 10.0 Å². The number of carbonyl (C=O) groups is 1. The fraction of sp³-hybridized carbons (Fsp3) is 0.0435. The predicted octanol–water partition coefficient (Wildman–Crippen LogP) is 6.58. The summed E-state index contributed by atoms with van der Waals surface area (Å²) < 4.78 is 11.1. The van der Waals surface area contributed by atoms with Gasteiger partial charge < -0.3 is 14.5 Å². The molecule has 0 radical (unpaired) electrons. The lowest BCUT2D eigenvalue weighted by Gasteiger charge is -2.10. The molecule has 0 fully saturated rings. The average molecular weight is 439 g/mol. The minimum Gasteiger partial charge on any atom is -0.497 e. The van der Waals surface area contributed by atoms with Crippen molar-refractivity contribution in [1.29, 1.82) is 0 Å². The maximum absolute atomic E-state index is 12.9. The third kappa shape index (κ3) is 4.17. The van der Waals surface area contributed by atoms with Gasteiger partial charge in [0.15, 0.2) is 5.76 Å². The van der Waals surface area contributed by atoms with Crippen LogP contribution in [0.25, 0.3) is 22.8 Å². The van der Waals surface area contributed by atoms with Crippen LogP contribution in [0.4, 0.5) is 5.69 Å². The Morgan fingerprint density at radius 1 is 1.03 bits per heavy atom. The highest BCUT2D eigenvalue weighted by atomic mass is 35.5. The van der Waals surface area contributed by atoms with Crippen LogP contribution >= 0.6 is 23.2 Å². The Bertz CT molecular complexity index is 1200. The lowest BCUT2D eigenvalue weighted by Crippen LogP contribution is -2.13. The molecule has 5 nitrogen and oxygen atoms in total. The number of rotatable bonds is 5. The normalized spacial score (nSPS) is 10.6. The number of amides is 1. The number of ether oxygens (including phenoxy) is 1. The van der Waals surface area contributed by atoms with Crippen molar-refractivity contribution >= 4 is 34.8 Å². The number of nitrogens with one attached hydrogen (secondary N) is 1. The number of anilines is 1. The molecule has 4 rings (SSSR count). The zero-order valence-corrected chi connectivity index (χ0v) is 17.4. The maximum Gasteiger partial charge on any atom is 0.256 e. The van der Waals surface area contributed by atoms with Gasteiger partial charge in [-0.3, -0.25) is 4.79 Å². The summed E-state index contributed by atoms with van der Waals surface area (Å²) in [7, 11) is 1.61. The molecule has 0 unspecified atom stereocenters. The zero-order chi connectivity index (χ0) is 21.1. The highest BCUT2D eigenvalue weighted by molar-refractivity contribution is 6.36. The van der Waals surface area contributed by atoms with Crippen LogP contribution in [0.5, 0.6) is 5.75 Å². The van der Waals surface area contributed by atoms with Crippen LogP contribution in [0.15, 0.2) is 77.3 Å². The lowest BCUT2D eigenvalue weighted by atomic mass is 10.1. The number of aromatic nitrogens is 1. The Kier molecular flexibility index (Phi) is 5.74. The number of nitrogens with zero attached hydrogens (tertiary/aromatic N) is 1. The zero-order valence-electron chi connectivity index (χ0n) is 15.9. The molecule has 0 aliphatic heterocycles. The van der Waals surface area contributed by atoms with Crippen LogP contribution in [-0.2, 0) is 0 Å². The van der Waals surface area contributed by atoms with Gasteiger partial charge in [0, 0.05) is 16.1 Å². The van der Waals surface area contributed by atoms with E-state index in [2.05, 4.69) is 10.3 Å². The molecule has 0 saturated carbocycles. The fourth-order valence-corrected chi connectivity index (χ4v) is 3.27. The van der Waals surface area contributed by atoms with E-state index in [9.17, 15) is 4.79 Å². The number of benzene rings is 3. The lowest BCUT2D eigenvalue weighted by molar-refractivity contribution is 0.102. The summed E-state index contributed by atoms with van der Waals surface area (Å²) in [6.45, 7) is 0. The van der Waals surface area contributed by atoms with Gasteiger partial charge in [-0.2, -0.15) is 0 Å². The molecule has 30 heavy (non-hydrogen) atoms. The molecule has 4 aromatic rings. The summed E-state index contributed by atoms with van der Waals surface area (Å²) in [5.41, 5.74) is 2.24. The number of methoxy groups -OCH3 is 1. The van der Waals surface area contributed by atoms with E-state index in [0.717, 1.165) is 11.3 Å². The van der Waals surface area contributed by atoms with Crippen molar-refractivity contribution in [2.24, 2.45) is 0 Å². The van der Waals surface area contributed by atoms with E-state index < -0.39 is 0 Å². The van der Waals surface area contributed by atoms with E-state index in [4.69, 9.17) is 32.4 Å². The molecule has 0 bridgehead atoms. The Labute approximate surface area is 183 Å².